The van der Waals surface area contributed by atoms with Crippen LogP contribution in [-0.2, 0) is 0 Å². The molecule has 0 bridgehead atoms. The molecule has 0 aromatic carbocycles. The van der Waals surface area contributed by atoms with Crippen LogP contribution in [0.1, 0.15) is 143 Å². The van der Waals surface area contributed by atoms with Crippen molar-refractivity contribution in [3.05, 3.63) is 0 Å². The molecule has 0 radical (unpaired) electrons. The molecule has 5 nitrogen and oxygen atoms in total. The molecule has 0 spiro atoms. The summed E-state index contributed by atoms with van der Waals surface area (Å²) >= 11 is 0. The van der Waals surface area contributed by atoms with E-state index in [1.54, 1.807) is 6.92 Å². The van der Waals surface area contributed by atoms with Gasteiger partial charge in [-0.15, -0.1) is 0 Å². The summed E-state index contributed by atoms with van der Waals surface area (Å²) in [5.41, 5.74) is 0. The minimum Gasteiger partial charge on any atom is -0.396 e. The Balaban J connectivity index is 1.12. The lowest BCUT2D eigenvalue weighted by atomic mass is 9.63. The highest BCUT2D eigenvalue weighted by Gasteiger charge is 2.50. The normalized spacial score (nSPS) is 39.8. The van der Waals surface area contributed by atoms with Crippen molar-refractivity contribution in [2.75, 3.05) is 26.2 Å². The fraction of sp³-hybridized carbons (Fsp3) is 1.00. The molecule has 14 atom stereocenters. The lowest BCUT2D eigenvalue weighted by molar-refractivity contribution is -0.201. The Hall–Kier alpha value is -0.410. The topological polar surface area (TPSA) is 76.0 Å². The third kappa shape index (κ3) is 10.6. The van der Waals surface area contributed by atoms with E-state index in [0.29, 0.717) is 36.6 Å². The van der Waals surface area contributed by atoms with E-state index >= 15 is 0 Å². The first kappa shape index (κ1) is 40.8. The maximum Gasteiger partial charge on any atom is 0.392 e. The highest BCUT2D eigenvalue weighted by Crippen LogP contribution is 2.56. The molecule has 5 aliphatic rings. The van der Waals surface area contributed by atoms with E-state index in [4.69, 9.17) is 0 Å². The van der Waals surface area contributed by atoms with Gasteiger partial charge in [0, 0.05) is 25.1 Å². The quantitative estimate of drug-likeness (QED) is 0.107. The van der Waals surface area contributed by atoms with Crippen LogP contribution >= 0.6 is 0 Å². The smallest absolute Gasteiger partial charge is 0.392 e. The van der Waals surface area contributed by atoms with Crippen LogP contribution in [0.25, 0.3) is 0 Å². The van der Waals surface area contributed by atoms with Gasteiger partial charge in [0.05, 0.1) is 12.0 Å². The van der Waals surface area contributed by atoms with Crippen molar-refractivity contribution in [3.8, 4) is 0 Å². The van der Waals surface area contributed by atoms with Gasteiger partial charge in [-0.25, -0.2) is 0 Å². The van der Waals surface area contributed by atoms with Crippen LogP contribution < -0.4 is 5.32 Å². The number of aliphatic hydroxyl groups excluding tert-OH is 3. The summed E-state index contributed by atoms with van der Waals surface area (Å²) in [4.78, 5) is 2.29. The lowest BCUT2D eigenvalue weighted by Gasteiger charge is -2.45. The third-order valence-electron chi connectivity index (χ3n) is 15.5. The second kappa shape index (κ2) is 18.8. The van der Waals surface area contributed by atoms with Crippen molar-refractivity contribution in [2.45, 2.75) is 168 Å². The average Bonchev–Trinajstić information content (AvgIpc) is 3.26. The zero-order valence-corrected chi connectivity index (χ0v) is 32.1. The molecular weight excluding hydrogens is 637 g/mol. The van der Waals surface area contributed by atoms with E-state index in [0.717, 1.165) is 88.1 Å². The first-order valence-corrected chi connectivity index (χ1v) is 21.4. The van der Waals surface area contributed by atoms with E-state index < -0.39 is 24.4 Å². The highest BCUT2D eigenvalue weighted by molar-refractivity contribution is 4.98. The predicted octanol–water partition coefficient (Wildman–Crippen LogP) is 9.04. The molecule has 1 heterocycles. The van der Waals surface area contributed by atoms with E-state index in [9.17, 15) is 28.5 Å². The Morgan fingerprint density at radius 2 is 1.54 bits per heavy atom. The molecule has 5 fully saturated rings. The van der Waals surface area contributed by atoms with E-state index in [-0.39, 0.29) is 36.8 Å². The Bertz CT molecular complexity index is 990. The second-order valence-electron chi connectivity index (χ2n) is 18.6. The van der Waals surface area contributed by atoms with Gasteiger partial charge in [-0.05, 0) is 150 Å². The minimum atomic E-state index is -4.20. The number of aliphatic hydroxyl groups is 3. The van der Waals surface area contributed by atoms with Crippen LogP contribution in [0.4, 0.5) is 13.2 Å². The van der Waals surface area contributed by atoms with E-state index in [2.05, 4.69) is 31.0 Å². The Morgan fingerprint density at radius 3 is 2.22 bits per heavy atom. The molecule has 0 aromatic rings. The van der Waals surface area contributed by atoms with E-state index in [1.165, 1.54) is 51.4 Å². The number of nitrogens with one attached hydrogen (secondary N) is 1. The number of nitrogens with zero attached hydrogens (tertiary/aromatic N) is 1. The fourth-order valence-electron chi connectivity index (χ4n) is 12.2. The van der Waals surface area contributed by atoms with Gasteiger partial charge >= 0.3 is 6.18 Å². The average molecular weight is 713 g/mol. The summed E-state index contributed by atoms with van der Waals surface area (Å²) in [6, 6.07) is -0.272. The molecule has 14 unspecified atom stereocenters. The number of halogens is 3. The minimum absolute atomic E-state index is 0.00382. The number of likely N-dealkylation sites (tertiary alicyclic amines) is 1. The van der Waals surface area contributed by atoms with Gasteiger partial charge in [0.15, 0.2) is 0 Å². The van der Waals surface area contributed by atoms with Gasteiger partial charge in [0.25, 0.3) is 0 Å². The Kier molecular flexibility index (Phi) is 15.3. The summed E-state index contributed by atoms with van der Waals surface area (Å²) in [5, 5.41) is 34.4. The summed E-state index contributed by atoms with van der Waals surface area (Å²) in [6.07, 6.45) is 13.5. The number of unbranched alkanes of at least 4 members (excludes halogenated alkanes) is 1. The first-order valence-electron chi connectivity index (χ1n) is 21.4. The molecule has 292 valence electrons. The molecule has 1 aliphatic heterocycles. The largest absolute Gasteiger partial charge is 0.396 e. The van der Waals surface area contributed by atoms with Crippen molar-refractivity contribution in [3.63, 3.8) is 0 Å². The Labute approximate surface area is 303 Å². The van der Waals surface area contributed by atoms with Crippen LogP contribution in [0.2, 0.25) is 0 Å². The maximum absolute atomic E-state index is 14.4. The Morgan fingerprint density at radius 1 is 0.800 bits per heavy atom. The lowest BCUT2D eigenvalue weighted by Crippen LogP contribution is -2.51. The highest BCUT2D eigenvalue weighted by atomic mass is 19.4. The molecule has 1 saturated heterocycles. The number of piperidine rings is 1. The second-order valence-corrected chi connectivity index (χ2v) is 18.6. The fourth-order valence-corrected chi connectivity index (χ4v) is 12.2. The van der Waals surface area contributed by atoms with Gasteiger partial charge in [-0.2, -0.15) is 13.2 Å². The molecule has 5 rings (SSSR count). The van der Waals surface area contributed by atoms with Gasteiger partial charge in [0.1, 0.15) is 6.23 Å². The standard InChI is InChI=1S/C42H75F3N2O3/c1-5-30-18-20-47(21-19-30)25-34-15-16-36(24-39(34)42(43,44)45)46-41(50)33-13-10-27(2)38(23-33)40-28(3)22-32-14-11-31(12-17-37(32)40)8-6-7-9-35(26-48)29(4)49/h27-41,46,48-50H,5-26H2,1-4H3. The molecule has 0 aromatic heterocycles. The van der Waals surface area contributed by atoms with Gasteiger partial charge in [0.2, 0.25) is 0 Å². The molecular formula is C42H75F3N2O3. The van der Waals surface area contributed by atoms with Crippen molar-refractivity contribution in [1.82, 2.24) is 10.2 Å². The monoisotopic (exact) mass is 713 g/mol. The summed E-state index contributed by atoms with van der Waals surface area (Å²) in [5.74, 6) is 4.15. The zero-order valence-electron chi connectivity index (χ0n) is 32.1. The van der Waals surface area contributed by atoms with Crippen molar-refractivity contribution < 1.29 is 28.5 Å². The zero-order chi connectivity index (χ0) is 36.0. The van der Waals surface area contributed by atoms with Crippen molar-refractivity contribution in [2.24, 2.45) is 71.0 Å². The van der Waals surface area contributed by atoms with Crippen LogP contribution in [0.3, 0.4) is 0 Å². The number of hydrogen-bond donors (Lipinski definition) is 4. The molecule has 0 amide bonds. The molecule has 4 aliphatic carbocycles. The molecule has 4 N–H and O–H groups in total. The summed E-state index contributed by atoms with van der Waals surface area (Å²) in [7, 11) is 0. The summed E-state index contributed by atoms with van der Waals surface area (Å²) < 4.78 is 43.3. The van der Waals surface area contributed by atoms with E-state index in [1.807, 2.05) is 0 Å². The maximum atomic E-state index is 14.4. The number of rotatable bonds is 14. The number of alkyl halides is 3. The van der Waals surface area contributed by atoms with Crippen LogP contribution in [-0.4, -0.2) is 71.0 Å². The summed E-state index contributed by atoms with van der Waals surface area (Å²) in [6.45, 7) is 11.4. The van der Waals surface area contributed by atoms with Gasteiger partial charge in [-0.1, -0.05) is 65.7 Å². The molecule has 8 heteroatoms. The van der Waals surface area contributed by atoms with Crippen molar-refractivity contribution >= 4 is 0 Å². The SMILES string of the molecule is CCC1CCN(CC2CCC(NC(O)C3CCC(C)C(C4C(C)CC5CCC(CCCCC(CO)C(C)O)CCC54)C3)CC2C(F)(F)F)CC1. The number of fused-ring (bicyclic) bond motifs is 1. The van der Waals surface area contributed by atoms with Crippen LogP contribution in [0.5, 0.6) is 0 Å². The van der Waals surface area contributed by atoms with Crippen molar-refractivity contribution in [1.29, 1.82) is 0 Å². The van der Waals surface area contributed by atoms with Gasteiger partial charge in [-0.3, -0.25) is 5.32 Å². The van der Waals surface area contributed by atoms with Crippen LogP contribution in [0, 0.1) is 71.0 Å². The first-order chi connectivity index (χ1) is 23.9. The predicted molar refractivity (Wildman–Crippen MR) is 196 cm³/mol. The van der Waals surface area contributed by atoms with Crippen LogP contribution in [0.15, 0.2) is 0 Å². The molecule has 4 saturated carbocycles. The molecule has 50 heavy (non-hydrogen) atoms. The number of hydrogen-bond acceptors (Lipinski definition) is 5. The van der Waals surface area contributed by atoms with Gasteiger partial charge < -0.3 is 20.2 Å². The third-order valence-corrected chi connectivity index (χ3v) is 15.5.